The highest BCUT2D eigenvalue weighted by atomic mass is 32.2. The Morgan fingerprint density at radius 2 is 1.84 bits per heavy atom. The van der Waals surface area contributed by atoms with Crippen LogP contribution in [0.4, 0.5) is 0 Å². The summed E-state index contributed by atoms with van der Waals surface area (Å²) in [5.41, 5.74) is 0.982. The molecule has 10 heteroatoms. The monoisotopic (exact) mass is 491 g/mol. The van der Waals surface area contributed by atoms with E-state index in [-0.39, 0.29) is 16.7 Å². The number of piperidine rings is 1. The molecule has 3 aromatic rings. The lowest BCUT2D eigenvalue weighted by Crippen LogP contribution is -2.40. The Hall–Kier alpha value is -2.14. The van der Waals surface area contributed by atoms with Crippen LogP contribution >= 0.6 is 23.1 Å². The van der Waals surface area contributed by atoms with Crippen LogP contribution in [0.1, 0.15) is 12.8 Å². The van der Waals surface area contributed by atoms with Crippen molar-refractivity contribution in [2.24, 2.45) is 18.0 Å². The van der Waals surface area contributed by atoms with E-state index in [0.717, 1.165) is 20.9 Å². The van der Waals surface area contributed by atoms with Gasteiger partial charge in [-0.1, -0.05) is 11.3 Å². The fraction of sp³-hybridized carbons (Fsp3) is 0.364. The molecule has 0 N–H and O–H groups in total. The van der Waals surface area contributed by atoms with Gasteiger partial charge in [-0.15, -0.1) is 11.8 Å². The molecule has 0 atom stereocenters. The smallest absolute Gasteiger partial charge is 0.251 e. The number of hydrogen-bond donors (Lipinski definition) is 0. The Kier molecular flexibility index (Phi) is 6.75. The zero-order chi connectivity index (χ0) is 22.9. The number of sulfonamides is 1. The second-order valence-corrected chi connectivity index (χ2v) is 11.4. The highest BCUT2D eigenvalue weighted by Crippen LogP contribution is 2.26. The molecule has 1 aliphatic rings. The second-order valence-electron chi connectivity index (χ2n) is 7.58. The van der Waals surface area contributed by atoms with Crippen LogP contribution in [0.3, 0.4) is 0 Å². The van der Waals surface area contributed by atoms with Gasteiger partial charge in [0.15, 0.2) is 4.80 Å². The molecule has 0 spiro atoms. The molecule has 1 amide bonds. The largest absolute Gasteiger partial charge is 0.497 e. The first-order chi connectivity index (χ1) is 15.3. The van der Waals surface area contributed by atoms with Gasteiger partial charge in [0.25, 0.3) is 5.91 Å². The van der Waals surface area contributed by atoms with E-state index in [1.807, 2.05) is 48.2 Å². The number of aryl methyl sites for hydroxylation is 1. The van der Waals surface area contributed by atoms with Crippen LogP contribution in [0.5, 0.6) is 5.75 Å². The summed E-state index contributed by atoms with van der Waals surface area (Å²) in [7, 11) is -0.0531. The number of benzene rings is 2. The zero-order valence-corrected chi connectivity index (χ0v) is 20.6. The van der Waals surface area contributed by atoms with Crippen molar-refractivity contribution in [2.75, 3.05) is 26.5 Å². The van der Waals surface area contributed by atoms with Crippen LogP contribution in [0.2, 0.25) is 0 Å². The summed E-state index contributed by atoms with van der Waals surface area (Å²) < 4.78 is 35.5. The molecule has 1 saturated heterocycles. The van der Waals surface area contributed by atoms with E-state index in [1.165, 1.54) is 15.6 Å². The minimum atomic E-state index is -3.56. The fourth-order valence-electron chi connectivity index (χ4n) is 3.77. The molecular formula is C22H25N3O4S3. The van der Waals surface area contributed by atoms with Gasteiger partial charge >= 0.3 is 0 Å². The summed E-state index contributed by atoms with van der Waals surface area (Å²) in [4.78, 5) is 19.2. The molecule has 1 fully saturated rings. The van der Waals surface area contributed by atoms with Crippen molar-refractivity contribution in [3.05, 3.63) is 47.3 Å². The molecule has 0 saturated carbocycles. The number of amides is 1. The third kappa shape index (κ3) is 4.50. The highest BCUT2D eigenvalue weighted by Gasteiger charge is 2.32. The molecule has 170 valence electrons. The number of methoxy groups -OCH3 is 1. The number of fused-ring (bicyclic) bond motifs is 1. The third-order valence-electron chi connectivity index (χ3n) is 5.72. The molecular weight excluding hydrogens is 466 g/mol. The quantitative estimate of drug-likeness (QED) is 0.511. The van der Waals surface area contributed by atoms with Gasteiger partial charge in [0.1, 0.15) is 5.75 Å². The number of thioether (sulfide) groups is 1. The Labute approximate surface area is 195 Å². The van der Waals surface area contributed by atoms with Crippen molar-refractivity contribution >= 4 is 49.2 Å². The van der Waals surface area contributed by atoms with Crippen LogP contribution < -0.4 is 9.54 Å². The van der Waals surface area contributed by atoms with Crippen LogP contribution in [0.15, 0.2) is 57.2 Å². The highest BCUT2D eigenvalue weighted by molar-refractivity contribution is 7.98. The Bertz CT molecular complexity index is 1300. The Morgan fingerprint density at radius 3 is 2.47 bits per heavy atom. The number of rotatable bonds is 5. The van der Waals surface area contributed by atoms with Crippen molar-refractivity contribution in [3.8, 4) is 5.75 Å². The minimum absolute atomic E-state index is 0.194. The number of nitrogens with zero attached hydrogens (tertiary/aromatic N) is 3. The molecule has 0 radical (unpaired) electrons. The second kappa shape index (κ2) is 9.38. The van der Waals surface area contributed by atoms with Crippen LogP contribution in [-0.2, 0) is 21.9 Å². The summed E-state index contributed by atoms with van der Waals surface area (Å²) in [6.07, 6.45) is 2.88. The van der Waals surface area contributed by atoms with E-state index in [2.05, 4.69) is 4.99 Å². The van der Waals surface area contributed by atoms with Crippen LogP contribution in [0, 0.1) is 5.92 Å². The molecule has 0 unspecified atom stereocenters. The maximum Gasteiger partial charge on any atom is 0.251 e. The van der Waals surface area contributed by atoms with Gasteiger partial charge < -0.3 is 9.30 Å². The van der Waals surface area contributed by atoms with E-state index >= 15 is 0 Å². The summed E-state index contributed by atoms with van der Waals surface area (Å²) in [6, 6.07) is 12.7. The number of carbonyl (C=O) groups is 1. The average molecular weight is 492 g/mol. The van der Waals surface area contributed by atoms with Gasteiger partial charge in [0.05, 0.1) is 22.2 Å². The van der Waals surface area contributed by atoms with Crippen molar-refractivity contribution < 1.29 is 17.9 Å². The fourth-order valence-corrected chi connectivity index (χ4v) is 6.70. The van der Waals surface area contributed by atoms with E-state index in [4.69, 9.17) is 4.74 Å². The molecule has 2 aromatic carbocycles. The Balaban J connectivity index is 1.47. The number of carbonyl (C=O) groups excluding carboxylic acids is 1. The van der Waals surface area contributed by atoms with Gasteiger partial charge in [-0.25, -0.2) is 8.42 Å². The normalized spacial score (nSPS) is 16.5. The van der Waals surface area contributed by atoms with Gasteiger partial charge in [-0.05, 0) is 61.6 Å². The zero-order valence-electron chi connectivity index (χ0n) is 18.1. The van der Waals surface area contributed by atoms with Crippen molar-refractivity contribution in [2.45, 2.75) is 22.6 Å². The molecule has 1 aliphatic heterocycles. The van der Waals surface area contributed by atoms with E-state index in [9.17, 15) is 13.2 Å². The lowest BCUT2D eigenvalue weighted by atomic mass is 9.98. The van der Waals surface area contributed by atoms with E-state index in [0.29, 0.717) is 30.7 Å². The van der Waals surface area contributed by atoms with E-state index in [1.54, 1.807) is 31.0 Å². The molecule has 7 nitrogen and oxygen atoms in total. The topological polar surface area (TPSA) is 81.0 Å². The average Bonchev–Trinajstić information content (AvgIpc) is 3.13. The molecule has 1 aromatic heterocycles. The predicted molar refractivity (Wildman–Crippen MR) is 128 cm³/mol. The minimum Gasteiger partial charge on any atom is -0.497 e. The molecule has 0 bridgehead atoms. The van der Waals surface area contributed by atoms with Crippen LogP contribution in [0.25, 0.3) is 10.2 Å². The maximum absolute atomic E-state index is 12.9. The van der Waals surface area contributed by atoms with Gasteiger partial charge in [0, 0.05) is 31.0 Å². The SMILES string of the molecule is COc1ccc2c(c1)sc(=NC(=O)C1CCN(S(=O)(=O)c3ccc(SC)cc3)CC1)n2C. The first kappa shape index (κ1) is 23.0. The number of thiazole rings is 1. The maximum atomic E-state index is 12.9. The van der Waals surface area contributed by atoms with Gasteiger partial charge in [-0.3, -0.25) is 4.79 Å². The number of ether oxygens (including phenoxy) is 1. The number of hydrogen-bond acceptors (Lipinski definition) is 6. The molecule has 0 aliphatic carbocycles. The summed E-state index contributed by atoms with van der Waals surface area (Å²) >= 11 is 3.01. The molecule has 4 rings (SSSR count). The van der Waals surface area contributed by atoms with Crippen molar-refractivity contribution in [3.63, 3.8) is 0 Å². The number of aromatic nitrogens is 1. The van der Waals surface area contributed by atoms with Crippen LogP contribution in [-0.4, -0.2) is 49.7 Å². The Morgan fingerprint density at radius 1 is 1.16 bits per heavy atom. The summed E-state index contributed by atoms with van der Waals surface area (Å²) in [6.45, 7) is 0.628. The predicted octanol–water partition coefficient (Wildman–Crippen LogP) is 3.50. The first-order valence-electron chi connectivity index (χ1n) is 10.2. The van der Waals surface area contributed by atoms with E-state index < -0.39 is 10.0 Å². The molecule has 2 heterocycles. The van der Waals surface area contributed by atoms with Crippen molar-refractivity contribution in [1.82, 2.24) is 8.87 Å². The molecule has 32 heavy (non-hydrogen) atoms. The standard InChI is InChI=1S/C22H25N3O4S3/c1-24-19-9-4-16(29-2)14-20(19)31-22(24)23-21(26)15-10-12-25(13-11-15)32(27,28)18-7-5-17(30-3)6-8-18/h4-9,14-15H,10-13H2,1-3H3. The first-order valence-corrected chi connectivity index (χ1v) is 13.7. The lowest BCUT2D eigenvalue weighted by Gasteiger charge is -2.29. The lowest BCUT2D eigenvalue weighted by molar-refractivity contribution is -0.122. The van der Waals surface area contributed by atoms with Gasteiger partial charge in [-0.2, -0.15) is 9.30 Å². The summed E-state index contributed by atoms with van der Waals surface area (Å²) in [5.74, 6) is 0.287. The third-order valence-corrected chi connectivity index (χ3v) is 9.47. The van der Waals surface area contributed by atoms with Crippen molar-refractivity contribution in [1.29, 1.82) is 0 Å². The summed E-state index contributed by atoms with van der Waals surface area (Å²) in [5, 5.41) is 0. The van der Waals surface area contributed by atoms with Gasteiger partial charge in [0.2, 0.25) is 10.0 Å².